The van der Waals surface area contributed by atoms with Crippen LogP contribution in [0.15, 0.2) is 0 Å². The second-order valence-electron chi connectivity index (χ2n) is 0.204. The van der Waals surface area contributed by atoms with E-state index in [1.165, 1.54) is 13.2 Å². The van der Waals surface area contributed by atoms with Gasteiger partial charge in [-0.3, -0.25) is 6.29 Å². The first-order valence-corrected chi connectivity index (χ1v) is 0.993. The Bertz CT molecular complexity index is 31.8. The molecule has 0 N–H and O–H groups in total. The maximum atomic E-state index is 8.68. The van der Waals surface area contributed by atoms with Gasteiger partial charge in [0.05, 0.1) is 0 Å². The number of hydrogen-bond acceptors (Lipinski definition) is 1. The molecular formula is C4H4OY-2. The fourth-order valence-electron chi connectivity index (χ4n) is 0. The summed E-state index contributed by atoms with van der Waals surface area (Å²) in [7, 11) is 0. The molecule has 0 amide bonds. The minimum atomic E-state index is 0. The van der Waals surface area contributed by atoms with Crippen LogP contribution in [-0.2, 0) is 37.5 Å². The molecule has 0 aromatic heterocycles. The first-order valence-electron chi connectivity index (χ1n) is 0.993. The summed E-state index contributed by atoms with van der Waals surface area (Å²) in [5, 5.41) is 0. The van der Waals surface area contributed by atoms with Crippen LogP contribution in [0.5, 0.6) is 0 Å². The molecule has 0 aliphatic rings. The van der Waals surface area contributed by atoms with Gasteiger partial charge in [-0.2, -0.15) is 6.92 Å². The fraction of sp³-hybridized carbons (Fsp3) is 0.250. The van der Waals surface area contributed by atoms with Crippen LogP contribution in [0.4, 0.5) is 0 Å². The third kappa shape index (κ3) is 432. The summed E-state index contributed by atoms with van der Waals surface area (Å²) in [6, 6.07) is 0. The number of terminal acetylenes is 1. The number of hydrogen-bond donors (Lipinski definition) is 0. The van der Waals surface area contributed by atoms with Crippen LogP contribution in [0.2, 0.25) is 0 Å². The van der Waals surface area contributed by atoms with Gasteiger partial charge in [0.2, 0.25) is 0 Å². The van der Waals surface area contributed by atoms with E-state index >= 15 is 0 Å². The minimum Gasteiger partial charge on any atom is -0.697 e. The maximum Gasteiger partial charge on any atom is 0 e. The second kappa shape index (κ2) is 56.3. The zero-order valence-electron chi connectivity index (χ0n) is 3.56. The van der Waals surface area contributed by atoms with Crippen molar-refractivity contribution in [3.05, 3.63) is 6.42 Å². The standard InChI is InChI=1S/C2H3O.C2H.Y/c1-2-3;1-2;/h1H3;1H;/q2*-1;. The van der Waals surface area contributed by atoms with E-state index in [0.717, 1.165) is 0 Å². The van der Waals surface area contributed by atoms with Gasteiger partial charge in [-0.1, -0.05) is 0 Å². The van der Waals surface area contributed by atoms with E-state index in [1.807, 2.05) is 0 Å². The molecular weight excluding hydrogens is 153 g/mol. The normalized spacial score (nSPS) is 2.50. The summed E-state index contributed by atoms with van der Waals surface area (Å²) in [4.78, 5) is 8.68. The largest absolute Gasteiger partial charge is 0.697 e. The minimum absolute atomic E-state index is 0. The van der Waals surface area contributed by atoms with Crippen molar-refractivity contribution in [3.63, 3.8) is 0 Å². The van der Waals surface area contributed by atoms with Crippen LogP contribution in [0.25, 0.3) is 0 Å². The third-order valence-corrected chi connectivity index (χ3v) is 0. The molecule has 0 aromatic rings. The van der Waals surface area contributed by atoms with Crippen LogP contribution in [-0.4, -0.2) is 6.29 Å². The van der Waals surface area contributed by atoms with E-state index in [1.54, 1.807) is 0 Å². The molecule has 0 bridgehead atoms. The summed E-state index contributed by atoms with van der Waals surface area (Å²) >= 11 is 0. The van der Waals surface area contributed by atoms with Gasteiger partial charge in [0.1, 0.15) is 0 Å². The van der Waals surface area contributed by atoms with Crippen molar-refractivity contribution >= 4 is 6.29 Å². The maximum absolute atomic E-state index is 8.68. The van der Waals surface area contributed by atoms with E-state index in [-0.39, 0.29) is 32.7 Å². The second-order valence-corrected chi connectivity index (χ2v) is 0.204. The molecule has 0 aliphatic carbocycles. The Morgan fingerprint density at radius 2 is 1.67 bits per heavy atom. The Morgan fingerprint density at radius 3 is 1.67 bits per heavy atom. The Hall–Kier alpha value is 0.334. The van der Waals surface area contributed by atoms with E-state index in [2.05, 4.69) is 6.42 Å². The molecule has 0 atom stereocenters. The molecule has 31 valence electrons. The Labute approximate surface area is 63.4 Å². The average Bonchev–Trinajstić information content (AvgIpc) is 1.46. The van der Waals surface area contributed by atoms with Gasteiger partial charge in [0.15, 0.2) is 0 Å². The molecule has 1 nitrogen and oxygen atoms in total. The molecule has 0 unspecified atom stereocenters. The summed E-state index contributed by atoms with van der Waals surface area (Å²) in [6.07, 6.45) is 10.5. The smallest absolute Gasteiger partial charge is 0 e. The molecule has 0 rings (SSSR count). The van der Waals surface area contributed by atoms with Crippen LogP contribution in [0, 0.1) is 12.8 Å². The molecule has 6 heavy (non-hydrogen) atoms. The summed E-state index contributed by atoms with van der Waals surface area (Å²) in [5.74, 6) is 0. The van der Waals surface area contributed by atoms with Crippen LogP contribution >= 0.6 is 0 Å². The van der Waals surface area contributed by atoms with Gasteiger partial charge in [-0.05, 0) is 0 Å². The van der Waals surface area contributed by atoms with Gasteiger partial charge < -0.3 is 17.6 Å². The van der Waals surface area contributed by atoms with Crippen molar-refractivity contribution in [2.75, 3.05) is 0 Å². The first-order chi connectivity index (χ1) is 2.41. The summed E-state index contributed by atoms with van der Waals surface area (Å²) < 4.78 is 0. The van der Waals surface area contributed by atoms with Crippen molar-refractivity contribution in [1.29, 1.82) is 0 Å². The van der Waals surface area contributed by atoms with E-state index in [9.17, 15) is 0 Å². The molecule has 2 heteroatoms. The monoisotopic (exact) mass is 157 g/mol. The van der Waals surface area contributed by atoms with Crippen molar-refractivity contribution in [2.45, 2.75) is 6.92 Å². The Balaban J connectivity index is -0.0000000275. The number of rotatable bonds is 0. The zero-order valence-corrected chi connectivity index (χ0v) is 6.40. The quantitative estimate of drug-likeness (QED) is 0.365. The van der Waals surface area contributed by atoms with Crippen molar-refractivity contribution < 1.29 is 37.5 Å². The predicted molar refractivity (Wildman–Crippen MR) is 19.6 cm³/mol. The fourth-order valence-corrected chi connectivity index (χ4v) is 0. The van der Waals surface area contributed by atoms with Crippen LogP contribution in [0.1, 0.15) is 6.92 Å². The van der Waals surface area contributed by atoms with E-state index in [4.69, 9.17) is 11.2 Å². The zero-order chi connectivity index (χ0) is 4.71. The molecule has 0 spiro atoms. The predicted octanol–water partition coefficient (Wildman–Crippen LogP) is 0.319. The molecule has 0 heterocycles. The number of carbonyl (C=O) groups excluding carboxylic acids is 1. The summed E-state index contributed by atoms with van der Waals surface area (Å²) in [5.41, 5.74) is 0. The van der Waals surface area contributed by atoms with Gasteiger partial charge in [0, 0.05) is 32.7 Å². The van der Waals surface area contributed by atoms with Crippen LogP contribution in [0.3, 0.4) is 0 Å². The van der Waals surface area contributed by atoms with Gasteiger partial charge in [-0.25, -0.2) is 0 Å². The first kappa shape index (κ1) is 16.2. The van der Waals surface area contributed by atoms with Gasteiger partial charge >= 0.3 is 0 Å². The topological polar surface area (TPSA) is 17.1 Å². The summed E-state index contributed by atoms with van der Waals surface area (Å²) in [6.45, 7) is 1.32. The molecule has 0 saturated carbocycles. The van der Waals surface area contributed by atoms with Crippen molar-refractivity contribution in [3.8, 4) is 6.42 Å². The van der Waals surface area contributed by atoms with Crippen molar-refractivity contribution in [1.82, 2.24) is 0 Å². The van der Waals surface area contributed by atoms with E-state index < -0.39 is 0 Å². The Kier molecular flexibility index (Phi) is 152. The van der Waals surface area contributed by atoms with Gasteiger partial charge in [0.25, 0.3) is 0 Å². The van der Waals surface area contributed by atoms with Crippen LogP contribution < -0.4 is 0 Å². The molecule has 0 aliphatic heterocycles. The van der Waals surface area contributed by atoms with E-state index in [0.29, 0.717) is 0 Å². The SMILES string of the molecule is C[C-]=O.[C-]#C.[Y]. The Morgan fingerprint density at radius 1 is 1.67 bits per heavy atom. The third-order valence-electron chi connectivity index (χ3n) is 0. The van der Waals surface area contributed by atoms with Gasteiger partial charge in [-0.15, -0.1) is 0 Å². The van der Waals surface area contributed by atoms with Crippen molar-refractivity contribution in [2.24, 2.45) is 0 Å². The molecule has 0 saturated heterocycles. The molecule has 1 radical (unpaired) electrons. The molecule has 0 aromatic carbocycles. The average molecular weight is 157 g/mol. The molecule has 0 fully saturated rings.